The van der Waals surface area contributed by atoms with E-state index in [0.29, 0.717) is 5.92 Å². The van der Waals surface area contributed by atoms with Crippen LogP contribution >= 0.6 is 0 Å². The quantitative estimate of drug-likeness (QED) is 0.587. The van der Waals surface area contributed by atoms with Crippen LogP contribution in [0.25, 0.3) is 0 Å². The summed E-state index contributed by atoms with van der Waals surface area (Å²) in [5.41, 5.74) is 4.64. The molecule has 4 heteroatoms. The Balaban J connectivity index is 2.61. The van der Waals surface area contributed by atoms with Crippen LogP contribution in [0.1, 0.15) is 25.3 Å². The Hall–Kier alpha value is -1.84. The zero-order chi connectivity index (χ0) is 11.3. The number of rotatable bonds is 4. The van der Waals surface area contributed by atoms with Crippen LogP contribution in [0.4, 0.5) is 5.69 Å². The maximum atomic E-state index is 10.1. The third kappa shape index (κ3) is 3.81. The van der Waals surface area contributed by atoms with E-state index in [9.17, 15) is 4.79 Å². The topological polar surface area (TPSA) is 61.7 Å². The van der Waals surface area contributed by atoms with Gasteiger partial charge < -0.3 is 5.11 Å². The van der Waals surface area contributed by atoms with E-state index in [2.05, 4.69) is 24.4 Å². The molecule has 0 atom stereocenters. The summed E-state index contributed by atoms with van der Waals surface area (Å²) in [6, 6.07) is 7.72. The molecule has 0 aliphatic rings. The van der Waals surface area contributed by atoms with Crippen molar-refractivity contribution in [3.05, 3.63) is 29.8 Å². The molecule has 0 aliphatic heterocycles. The van der Waals surface area contributed by atoms with Crippen LogP contribution in [-0.2, 0) is 4.79 Å². The minimum absolute atomic E-state index is 0.488. The van der Waals surface area contributed by atoms with Gasteiger partial charge in [-0.3, -0.25) is 5.43 Å². The minimum Gasteiger partial charge on any atom is -0.477 e. The molecule has 0 amide bonds. The van der Waals surface area contributed by atoms with Gasteiger partial charge in [-0.1, -0.05) is 26.0 Å². The molecule has 4 nitrogen and oxygen atoms in total. The van der Waals surface area contributed by atoms with Gasteiger partial charge in [0.15, 0.2) is 0 Å². The fourth-order valence-electron chi connectivity index (χ4n) is 1.10. The lowest BCUT2D eigenvalue weighted by molar-refractivity contribution is -0.128. The smallest absolute Gasteiger partial charge is 0.348 e. The fraction of sp³-hybridized carbons (Fsp3) is 0.273. The van der Waals surface area contributed by atoms with Gasteiger partial charge in [-0.15, -0.1) is 0 Å². The first kappa shape index (κ1) is 11.2. The van der Waals surface area contributed by atoms with Gasteiger partial charge in [0.05, 0.1) is 5.69 Å². The van der Waals surface area contributed by atoms with Gasteiger partial charge in [0.1, 0.15) is 6.21 Å². The largest absolute Gasteiger partial charge is 0.477 e. The third-order valence-corrected chi connectivity index (χ3v) is 1.95. The molecule has 0 bridgehead atoms. The third-order valence-electron chi connectivity index (χ3n) is 1.95. The lowest BCUT2D eigenvalue weighted by Crippen LogP contribution is -1.98. The van der Waals surface area contributed by atoms with Gasteiger partial charge in [-0.05, 0) is 23.6 Å². The van der Waals surface area contributed by atoms with E-state index < -0.39 is 5.97 Å². The lowest BCUT2D eigenvalue weighted by atomic mass is 10.0. The average molecular weight is 206 g/mol. The molecule has 80 valence electrons. The van der Waals surface area contributed by atoms with Crippen molar-refractivity contribution in [1.82, 2.24) is 0 Å². The van der Waals surface area contributed by atoms with E-state index in [1.54, 1.807) is 0 Å². The standard InChI is InChI=1S/C11H14N2O2/c1-8(2)9-3-5-10(6-4-9)13-12-7-11(14)15/h3-8,13H,1-2H3,(H,14,15). The zero-order valence-electron chi connectivity index (χ0n) is 8.77. The zero-order valence-corrected chi connectivity index (χ0v) is 8.77. The van der Waals surface area contributed by atoms with Crippen molar-refractivity contribution in [3.8, 4) is 0 Å². The number of carboxylic acids is 1. The first-order valence-corrected chi connectivity index (χ1v) is 4.71. The second-order valence-corrected chi connectivity index (χ2v) is 3.48. The summed E-state index contributed by atoms with van der Waals surface area (Å²) in [6.07, 6.45) is 0.816. The number of nitrogens with one attached hydrogen (secondary N) is 1. The summed E-state index contributed by atoms with van der Waals surface area (Å²) in [6.45, 7) is 4.23. The predicted molar refractivity (Wildman–Crippen MR) is 60.3 cm³/mol. The number of benzene rings is 1. The Morgan fingerprint density at radius 2 is 2.00 bits per heavy atom. The highest BCUT2D eigenvalue weighted by Crippen LogP contribution is 2.16. The number of carboxylic acid groups (broad SMARTS) is 1. The van der Waals surface area contributed by atoms with Crippen molar-refractivity contribution < 1.29 is 9.90 Å². The molecular formula is C11H14N2O2. The first-order chi connectivity index (χ1) is 7.09. The Kier molecular flexibility index (Phi) is 3.85. The molecule has 1 aromatic carbocycles. The molecule has 0 saturated carbocycles. The van der Waals surface area contributed by atoms with E-state index >= 15 is 0 Å². The van der Waals surface area contributed by atoms with E-state index in [1.165, 1.54) is 5.56 Å². The van der Waals surface area contributed by atoms with E-state index in [4.69, 9.17) is 5.11 Å². The van der Waals surface area contributed by atoms with Crippen LogP contribution in [0, 0.1) is 0 Å². The summed E-state index contributed by atoms with van der Waals surface area (Å²) in [7, 11) is 0. The number of nitrogens with zero attached hydrogens (tertiary/aromatic N) is 1. The molecule has 2 N–H and O–H groups in total. The van der Waals surface area contributed by atoms with Crippen LogP contribution in [0.15, 0.2) is 29.4 Å². The van der Waals surface area contributed by atoms with Crippen molar-refractivity contribution in [2.45, 2.75) is 19.8 Å². The highest BCUT2D eigenvalue weighted by molar-refractivity contribution is 6.22. The molecule has 1 aromatic rings. The molecule has 0 unspecified atom stereocenters. The van der Waals surface area contributed by atoms with Gasteiger partial charge in [-0.25, -0.2) is 4.79 Å². The molecule has 0 aliphatic carbocycles. The van der Waals surface area contributed by atoms with Gasteiger partial charge in [0, 0.05) is 0 Å². The summed E-state index contributed by atoms with van der Waals surface area (Å²) >= 11 is 0. The van der Waals surface area contributed by atoms with Crippen molar-refractivity contribution in [2.75, 3.05) is 5.43 Å². The highest BCUT2D eigenvalue weighted by Gasteiger charge is 1.97. The van der Waals surface area contributed by atoms with Crippen LogP contribution in [-0.4, -0.2) is 17.3 Å². The number of anilines is 1. The molecular weight excluding hydrogens is 192 g/mol. The summed E-state index contributed by atoms with van der Waals surface area (Å²) in [5, 5.41) is 11.9. The maximum Gasteiger partial charge on any atom is 0.348 e. The molecule has 0 spiro atoms. The highest BCUT2D eigenvalue weighted by atomic mass is 16.4. The number of carbonyl (C=O) groups is 1. The minimum atomic E-state index is -1.07. The van der Waals surface area contributed by atoms with Gasteiger partial charge in [0.25, 0.3) is 0 Å². The number of hydrazone groups is 1. The van der Waals surface area contributed by atoms with Crippen molar-refractivity contribution >= 4 is 17.9 Å². The Labute approximate surface area is 88.6 Å². The van der Waals surface area contributed by atoms with Crippen LogP contribution in [0.5, 0.6) is 0 Å². The first-order valence-electron chi connectivity index (χ1n) is 4.71. The van der Waals surface area contributed by atoms with E-state index in [0.717, 1.165) is 11.9 Å². The number of hydrogen-bond acceptors (Lipinski definition) is 3. The van der Waals surface area contributed by atoms with Crippen molar-refractivity contribution in [1.29, 1.82) is 0 Å². The summed E-state index contributed by atoms with van der Waals surface area (Å²) in [4.78, 5) is 10.1. The number of aliphatic carboxylic acids is 1. The maximum absolute atomic E-state index is 10.1. The van der Waals surface area contributed by atoms with Crippen LogP contribution in [0.2, 0.25) is 0 Å². The summed E-state index contributed by atoms with van der Waals surface area (Å²) < 4.78 is 0. The van der Waals surface area contributed by atoms with Crippen molar-refractivity contribution in [2.24, 2.45) is 5.10 Å². The number of hydrogen-bond donors (Lipinski definition) is 2. The lowest BCUT2D eigenvalue weighted by Gasteiger charge is -2.05. The van der Waals surface area contributed by atoms with E-state index in [-0.39, 0.29) is 0 Å². The normalized spacial score (nSPS) is 10.9. The molecule has 0 heterocycles. The van der Waals surface area contributed by atoms with Gasteiger partial charge in [0.2, 0.25) is 0 Å². The monoisotopic (exact) mass is 206 g/mol. The summed E-state index contributed by atoms with van der Waals surface area (Å²) in [5.74, 6) is -0.581. The van der Waals surface area contributed by atoms with Gasteiger partial charge >= 0.3 is 5.97 Å². The second-order valence-electron chi connectivity index (χ2n) is 3.48. The Bertz CT molecular complexity index is 355. The average Bonchev–Trinajstić information content (AvgIpc) is 2.18. The molecule has 0 fully saturated rings. The molecule has 15 heavy (non-hydrogen) atoms. The second kappa shape index (κ2) is 5.14. The molecule has 0 radical (unpaired) electrons. The van der Waals surface area contributed by atoms with Crippen molar-refractivity contribution in [3.63, 3.8) is 0 Å². The molecule has 1 rings (SSSR count). The van der Waals surface area contributed by atoms with Gasteiger partial charge in [-0.2, -0.15) is 5.10 Å². The SMILES string of the molecule is CC(C)c1ccc(NN=CC(=O)O)cc1. The Morgan fingerprint density at radius 1 is 1.40 bits per heavy atom. The van der Waals surface area contributed by atoms with E-state index in [1.807, 2.05) is 24.3 Å². The molecule has 0 saturated heterocycles. The Morgan fingerprint density at radius 3 is 2.47 bits per heavy atom. The van der Waals surface area contributed by atoms with Crippen LogP contribution < -0.4 is 5.43 Å². The predicted octanol–water partition coefficient (Wildman–Crippen LogP) is 2.29. The molecule has 0 aromatic heterocycles. The van der Waals surface area contributed by atoms with Crippen LogP contribution in [0.3, 0.4) is 0 Å². The fourth-order valence-corrected chi connectivity index (χ4v) is 1.10.